The van der Waals surface area contributed by atoms with Crippen molar-refractivity contribution in [2.24, 2.45) is 5.92 Å². The Morgan fingerprint density at radius 2 is 2.21 bits per heavy atom. The van der Waals surface area contributed by atoms with Crippen LogP contribution in [0.3, 0.4) is 0 Å². The van der Waals surface area contributed by atoms with Crippen molar-refractivity contribution in [3.05, 3.63) is 35.4 Å². The minimum atomic E-state index is 0.180. The van der Waals surface area contributed by atoms with Crippen LogP contribution >= 0.6 is 0 Å². The van der Waals surface area contributed by atoms with Crippen LogP contribution in [-0.4, -0.2) is 6.54 Å². The molecule has 1 aliphatic rings. The van der Waals surface area contributed by atoms with Crippen LogP contribution < -0.4 is 5.32 Å². The van der Waals surface area contributed by atoms with Crippen molar-refractivity contribution in [1.82, 2.24) is 5.32 Å². The molecule has 2 rings (SSSR count). The Balaban J connectivity index is 2.18. The average Bonchev–Trinajstić information content (AvgIpc) is 2.67. The molecule has 1 aliphatic heterocycles. The highest BCUT2D eigenvalue weighted by molar-refractivity contribution is 5.29. The van der Waals surface area contributed by atoms with E-state index in [1.165, 1.54) is 11.1 Å². The third-order valence-electron chi connectivity index (χ3n) is 2.88. The van der Waals surface area contributed by atoms with E-state index in [1.807, 2.05) is 0 Å². The number of hydrogen-bond donors (Lipinski definition) is 1. The summed E-state index contributed by atoms with van der Waals surface area (Å²) in [7, 11) is 0. The Kier molecular flexibility index (Phi) is 2.51. The average molecular weight is 186 g/mol. The highest BCUT2D eigenvalue weighted by atomic mass is 14.9. The van der Waals surface area contributed by atoms with Gasteiger partial charge in [-0.05, 0) is 24.5 Å². The maximum absolute atomic E-state index is 8.81. The standard InChI is InChI=1S/C12H14N2/c1-9-4-2-3-5-11(9)12-6-10(7-13)8-14-12/h2-5,10,12,14H,6,8H2,1H3. The highest BCUT2D eigenvalue weighted by Gasteiger charge is 2.25. The first-order chi connectivity index (χ1) is 6.81. The molecule has 14 heavy (non-hydrogen) atoms. The molecular formula is C12H14N2. The number of nitriles is 1. The fourth-order valence-electron chi connectivity index (χ4n) is 2.05. The molecule has 1 aromatic rings. The first-order valence-corrected chi connectivity index (χ1v) is 5.00. The number of benzene rings is 1. The Labute approximate surface area is 84.6 Å². The molecule has 0 spiro atoms. The van der Waals surface area contributed by atoms with Crippen molar-refractivity contribution in [2.75, 3.05) is 6.54 Å². The minimum absolute atomic E-state index is 0.180. The summed E-state index contributed by atoms with van der Waals surface area (Å²) in [6, 6.07) is 11.1. The van der Waals surface area contributed by atoms with E-state index >= 15 is 0 Å². The second-order valence-corrected chi connectivity index (χ2v) is 3.88. The molecule has 1 saturated heterocycles. The van der Waals surface area contributed by atoms with Gasteiger partial charge in [0.05, 0.1) is 12.0 Å². The van der Waals surface area contributed by atoms with Gasteiger partial charge in [-0.25, -0.2) is 0 Å². The first kappa shape index (κ1) is 9.23. The molecule has 1 N–H and O–H groups in total. The molecular weight excluding hydrogens is 172 g/mol. The predicted molar refractivity (Wildman–Crippen MR) is 55.6 cm³/mol. The summed E-state index contributed by atoms with van der Waals surface area (Å²) >= 11 is 0. The molecule has 0 amide bonds. The first-order valence-electron chi connectivity index (χ1n) is 5.00. The van der Waals surface area contributed by atoms with Crippen molar-refractivity contribution >= 4 is 0 Å². The molecule has 1 fully saturated rings. The zero-order chi connectivity index (χ0) is 9.97. The topological polar surface area (TPSA) is 35.8 Å². The van der Waals surface area contributed by atoms with E-state index in [0.29, 0.717) is 6.04 Å². The summed E-state index contributed by atoms with van der Waals surface area (Å²) in [6.45, 7) is 2.95. The smallest absolute Gasteiger partial charge is 0.0669 e. The van der Waals surface area contributed by atoms with Crippen LogP contribution in [0.15, 0.2) is 24.3 Å². The molecule has 0 radical (unpaired) electrons. The highest BCUT2D eigenvalue weighted by Crippen LogP contribution is 2.28. The molecule has 2 heteroatoms. The van der Waals surface area contributed by atoms with Crippen molar-refractivity contribution in [3.63, 3.8) is 0 Å². The Morgan fingerprint density at radius 1 is 1.43 bits per heavy atom. The summed E-state index contributed by atoms with van der Waals surface area (Å²) in [5.74, 6) is 0.180. The number of aryl methyl sites for hydroxylation is 1. The van der Waals surface area contributed by atoms with Gasteiger partial charge in [0.15, 0.2) is 0 Å². The third kappa shape index (κ3) is 1.64. The predicted octanol–water partition coefficient (Wildman–Crippen LogP) is 2.17. The number of hydrogen-bond acceptors (Lipinski definition) is 2. The quantitative estimate of drug-likeness (QED) is 0.729. The fraction of sp³-hybridized carbons (Fsp3) is 0.417. The molecule has 2 unspecified atom stereocenters. The van der Waals surface area contributed by atoms with Gasteiger partial charge in [0.1, 0.15) is 0 Å². The minimum Gasteiger partial charge on any atom is -0.309 e. The van der Waals surface area contributed by atoms with Gasteiger partial charge in [-0.2, -0.15) is 5.26 Å². The van der Waals surface area contributed by atoms with E-state index in [4.69, 9.17) is 5.26 Å². The fourth-order valence-corrected chi connectivity index (χ4v) is 2.05. The van der Waals surface area contributed by atoms with E-state index in [2.05, 4.69) is 42.6 Å². The molecule has 1 heterocycles. The van der Waals surface area contributed by atoms with Crippen LogP contribution in [0, 0.1) is 24.2 Å². The zero-order valence-corrected chi connectivity index (χ0v) is 8.33. The van der Waals surface area contributed by atoms with Crippen molar-refractivity contribution in [3.8, 4) is 6.07 Å². The van der Waals surface area contributed by atoms with Gasteiger partial charge < -0.3 is 5.32 Å². The van der Waals surface area contributed by atoms with Crippen LogP contribution in [0.1, 0.15) is 23.6 Å². The van der Waals surface area contributed by atoms with Crippen LogP contribution in [0.4, 0.5) is 0 Å². The summed E-state index contributed by atoms with van der Waals surface area (Å²) in [4.78, 5) is 0. The van der Waals surface area contributed by atoms with E-state index in [9.17, 15) is 0 Å². The third-order valence-corrected chi connectivity index (χ3v) is 2.88. The van der Waals surface area contributed by atoms with E-state index < -0.39 is 0 Å². The van der Waals surface area contributed by atoms with Crippen LogP contribution in [0.25, 0.3) is 0 Å². The maximum Gasteiger partial charge on any atom is 0.0669 e. The zero-order valence-electron chi connectivity index (χ0n) is 8.33. The van der Waals surface area contributed by atoms with Crippen LogP contribution in [0.5, 0.6) is 0 Å². The van der Waals surface area contributed by atoms with Gasteiger partial charge in [-0.1, -0.05) is 24.3 Å². The molecule has 1 aromatic carbocycles. The Hall–Kier alpha value is -1.33. The van der Waals surface area contributed by atoms with Gasteiger partial charge in [-0.15, -0.1) is 0 Å². The number of nitrogens with zero attached hydrogens (tertiary/aromatic N) is 1. The normalized spacial score (nSPS) is 26.0. The van der Waals surface area contributed by atoms with Gasteiger partial charge in [0.25, 0.3) is 0 Å². The number of nitrogens with one attached hydrogen (secondary N) is 1. The summed E-state index contributed by atoms with van der Waals surface area (Å²) in [5.41, 5.74) is 2.65. The Bertz CT molecular complexity index is 365. The lowest BCUT2D eigenvalue weighted by Gasteiger charge is -2.12. The van der Waals surface area contributed by atoms with E-state index in [-0.39, 0.29) is 5.92 Å². The SMILES string of the molecule is Cc1ccccc1C1CC(C#N)CN1. The summed E-state index contributed by atoms with van der Waals surface area (Å²) in [5, 5.41) is 12.2. The second-order valence-electron chi connectivity index (χ2n) is 3.88. The summed E-state index contributed by atoms with van der Waals surface area (Å²) in [6.07, 6.45) is 0.946. The van der Waals surface area contributed by atoms with Gasteiger partial charge in [0, 0.05) is 12.6 Å². The van der Waals surface area contributed by atoms with Crippen molar-refractivity contribution in [1.29, 1.82) is 5.26 Å². The van der Waals surface area contributed by atoms with E-state index in [1.54, 1.807) is 0 Å². The lowest BCUT2D eigenvalue weighted by molar-refractivity contribution is 0.635. The van der Waals surface area contributed by atoms with Gasteiger partial charge in [-0.3, -0.25) is 0 Å². The summed E-state index contributed by atoms with van der Waals surface area (Å²) < 4.78 is 0. The molecule has 0 aliphatic carbocycles. The number of rotatable bonds is 1. The molecule has 0 bridgehead atoms. The maximum atomic E-state index is 8.81. The molecule has 0 saturated carbocycles. The van der Waals surface area contributed by atoms with Crippen LogP contribution in [-0.2, 0) is 0 Å². The molecule has 2 nitrogen and oxygen atoms in total. The molecule has 0 aromatic heterocycles. The monoisotopic (exact) mass is 186 g/mol. The van der Waals surface area contributed by atoms with Crippen molar-refractivity contribution < 1.29 is 0 Å². The molecule has 72 valence electrons. The Morgan fingerprint density at radius 3 is 2.86 bits per heavy atom. The largest absolute Gasteiger partial charge is 0.309 e. The lowest BCUT2D eigenvalue weighted by atomic mass is 9.97. The van der Waals surface area contributed by atoms with E-state index in [0.717, 1.165) is 13.0 Å². The second kappa shape index (κ2) is 3.81. The van der Waals surface area contributed by atoms with Crippen molar-refractivity contribution in [2.45, 2.75) is 19.4 Å². The van der Waals surface area contributed by atoms with Crippen LogP contribution in [0.2, 0.25) is 0 Å². The molecule has 2 atom stereocenters. The van der Waals surface area contributed by atoms with Gasteiger partial charge >= 0.3 is 0 Å². The lowest BCUT2D eigenvalue weighted by Crippen LogP contribution is -2.14. The van der Waals surface area contributed by atoms with Gasteiger partial charge in [0.2, 0.25) is 0 Å².